The number of benzene rings is 1. The number of nitrogens with zero attached hydrogens (tertiary/aromatic N) is 1. The number of hydrogen-bond acceptors (Lipinski definition) is 3. The highest BCUT2D eigenvalue weighted by Gasteiger charge is 2.16. The fourth-order valence-corrected chi connectivity index (χ4v) is 2.81. The molecule has 5 heteroatoms. The van der Waals surface area contributed by atoms with Crippen LogP contribution in [-0.4, -0.2) is 43.5 Å². The van der Waals surface area contributed by atoms with E-state index in [2.05, 4.69) is 5.32 Å². The van der Waals surface area contributed by atoms with E-state index in [1.807, 2.05) is 13.0 Å². The lowest BCUT2D eigenvalue weighted by atomic mass is 9.95. The Morgan fingerprint density at radius 1 is 1.22 bits per heavy atom. The van der Waals surface area contributed by atoms with Crippen molar-refractivity contribution in [1.29, 1.82) is 0 Å². The van der Waals surface area contributed by atoms with Crippen molar-refractivity contribution in [3.63, 3.8) is 0 Å². The van der Waals surface area contributed by atoms with Crippen LogP contribution in [0, 0.1) is 6.92 Å². The largest absolute Gasteiger partial charge is 0.483 e. The van der Waals surface area contributed by atoms with Gasteiger partial charge in [-0.05, 0) is 37.5 Å². The highest BCUT2D eigenvalue weighted by Crippen LogP contribution is 2.21. The van der Waals surface area contributed by atoms with Gasteiger partial charge in [-0.25, -0.2) is 0 Å². The number of carbonyl (C=O) groups excluding carboxylic acids is 2. The van der Waals surface area contributed by atoms with Crippen molar-refractivity contribution in [2.75, 3.05) is 20.7 Å². The quantitative estimate of drug-likeness (QED) is 0.907. The summed E-state index contributed by atoms with van der Waals surface area (Å²) < 4.78 is 5.63. The van der Waals surface area contributed by atoms with Gasteiger partial charge in [0.25, 0.3) is 11.8 Å². The lowest BCUT2D eigenvalue weighted by Gasteiger charge is -2.22. The molecule has 1 fully saturated rings. The first-order valence-corrected chi connectivity index (χ1v) is 8.22. The molecule has 1 aromatic carbocycles. The smallest absolute Gasteiger partial charge is 0.258 e. The predicted molar refractivity (Wildman–Crippen MR) is 89.7 cm³/mol. The lowest BCUT2D eigenvalue weighted by molar-refractivity contribution is -0.124. The lowest BCUT2D eigenvalue weighted by Crippen LogP contribution is -2.39. The van der Waals surface area contributed by atoms with E-state index < -0.39 is 0 Å². The second kappa shape index (κ2) is 7.99. The maximum Gasteiger partial charge on any atom is 0.258 e. The van der Waals surface area contributed by atoms with Gasteiger partial charge in [0.2, 0.25) is 0 Å². The van der Waals surface area contributed by atoms with Crippen molar-refractivity contribution in [1.82, 2.24) is 10.2 Å². The van der Waals surface area contributed by atoms with E-state index in [-0.39, 0.29) is 24.5 Å². The van der Waals surface area contributed by atoms with Gasteiger partial charge in [-0.1, -0.05) is 25.3 Å². The molecule has 1 N–H and O–H groups in total. The van der Waals surface area contributed by atoms with E-state index in [9.17, 15) is 9.59 Å². The molecular formula is C18H26N2O3. The summed E-state index contributed by atoms with van der Waals surface area (Å²) in [7, 11) is 3.42. The average Bonchev–Trinajstić information content (AvgIpc) is 2.54. The first-order valence-electron chi connectivity index (χ1n) is 8.22. The molecule has 126 valence electrons. The molecule has 2 rings (SSSR count). The summed E-state index contributed by atoms with van der Waals surface area (Å²) in [6.45, 7) is 1.88. The first kappa shape index (κ1) is 17.3. The van der Waals surface area contributed by atoms with Crippen molar-refractivity contribution in [3.05, 3.63) is 29.3 Å². The minimum atomic E-state index is -0.0966. The monoisotopic (exact) mass is 318 g/mol. The third-order valence-corrected chi connectivity index (χ3v) is 4.17. The molecule has 0 heterocycles. The summed E-state index contributed by atoms with van der Waals surface area (Å²) in [5.74, 6) is 0.402. The molecule has 0 aliphatic heterocycles. The molecule has 5 nitrogen and oxygen atoms in total. The Kier molecular flexibility index (Phi) is 6.02. The number of carbonyl (C=O) groups is 2. The number of hydrogen-bond donors (Lipinski definition) is 1. The highest BCUT2D eigenvalue weighted by molar-refractivity contribution is 5.94. The van der Waals surface area contributed by atoms with Crippen molar-refractivity contribution in [3.8, 4) is 5.75 Å². The van der Waals surface area contributed by atoms with Gasteiger partial charge >= 0.3 is 0 Å². The Morgan fingerprint density at radius 3 is 2.57 bits per heavy atom. The van der Waals surface area contributed by atoms with Crippen LogP contribution in [0.1, 0.15) is 48.0 Å². The van der Waals surface area contributed by atoms with Gasteiger partial charge in [-0.2, -0.15) is 0 Å². The topological polar surface area (TPSA) is 58.6 Å². The standard InChI is InChI=1S/C18H26N2O3/c1-13-9-10-14(18(22)20(2)3)11-16(13)23-12-17(21)19-15-7-5-4-6-8-15/h9-11,15H,4-8,12H2,1-3H3,(H,19,21). The molecule has 0 unspecified atom stereocenters. The van der Waals surface area contributed by atoms with E-state index in [4.69, 9.17) is 4.74 Å². The molecule has 0 radical (unpaired) electrons. The maximum absolute atomic E-state index is 12.0. The number of nitrogens with one attached hydrogen (secondary N) is 1. The molecule has 1 aromatic rings. The maximum atomic E-state index is 12.0. The van der Waals surface area contributed by atoms with Crippen LogP contribution in [0.5, 0.6) is 5.75 Å². The molecule has 0 aromatic heterocycles. The second-order valence-corrected chi connectivity index (χ2v) is 6.37. The van der Waals surface area contributed by atoms with Gasteiger partial charge in [-0.15, -0.1) is 0 Å². The van der Waals surface area contributed by atoms with Gasteiger partial charge in [0.15, 0.2) is 6.61 Å². The van der Waals surface area contributed by atoms with E-state index in [0.717, 1.165) is 18.4 Å². The molecule has 0 saturated heterocycles. The zero-order chi connectivity index (χ0) is 16.8. The van der Waals surface area contributed by atoms with Crippen LogP contribution in [0.15, 0.2) is 18.2 Å². The number of amides is 2. The van der Waals surface area contributed by atoms with Crippen molar-refractivity contribution >= 4 is 11.8 Å². The molecule has 0 spiro atoms. The summed E-state index contributed by atoms with van der Waals surface area (Å²) in [6, 6.07) is 5.59. The second-order valence-electron chi connectivity index (χ2n) is 6.37. The van der Waals surface area contributed by atoms with E-state index in [0.29, 0.717) is 11.3 Å². The minimum absolute atomic E-state index is 0.0169. The van der Waals surface area contributed by atoms with Crippen LogP contribution in [-0.2, 0) is 4.79 Å². The zero-order valence-electron chi connectivity index (χ0n) is 14.2. The normalized spacial score (nSPS) is 15.1. The predicted octanol–water partition coefficient (Wildman–Crippen LogP) is 2.52. The third kappa shape index (κ3) is 4.98. The van der Waals surface area contributed by atoms with Crippen LogP contribution >= 0.6 is 0 Å². The Morgan fingerprint density at radius 2 is 1.91 bits per heavy atom. The zero-order valence-corrected chi connectivity index (χ0v) is 14.2. The summed E-state index contributed by atoms with van der Waals surface area (Å²) in [5, 5.41) is 3.03. The summed E-state index contributed by atoms with van der Waals surface area (Å²) >= 11 is 0. The Balaban J connectivity index is 1.92. The van der Waals surface area contributed by atoms with Crippen LogP contribution < -0.4 is 10.1 Å². The minimum Gasteiger partial charge on any atom is -0.483 e. The molecule has 2 amide bonds. The molecule has 0 atom stereocenters. The number of aryl methyl sites for hydroxylation is 1. The van der Waals surface area contributed by atoms with Crippen LogP contribution in [0.3, 0.4) is 0 Å². The SMILES string of the molecule is Cc1ccc(C(=O)N(C)C)cc1OCC(=O)NC1CCCCC1. The molecule has 1 saturated carbocycles. The molecule has 23 heavy (non-hydrogen) atoms. The number of rotatable bonds is 5. The van der Waals surface area contributed by atoms with Crippen molar-refractivity contribution < 1.29 is 14.3 Å². The van der Waals surface area contributed by atoms with E-state index >= 15 is 0 Å². The van der Waals surface area contributed by atoms with E-state index in [1.54, 1.807) is 26.2 Å². The Hall–Kier alpha value is -2.04. The van der Waals surface area contributed by atoms with Gasteiger partial charge in [0.05, 0.1) is 0 Å². The molecule has 0 bridgehead atoms. The van der Waals surface area contributed by atoms with Crippen LogP contribution in [0.25, 0.3) is 0 Å². The van der Waals surface area contributed by atoms with Crippen LogP contribution in [0.4, 0.5) is 0 Å². The highest BCUT2D eigenvalue weighted by atomic mass is 16.5. The van der Waals surface area contributed by atoms with Crippen LogP contribution in [0.2, 0.25) is 0 Å². The van der Waals surface area contributed by atoms with Crippen molar-refractivity contribution in [2.45, 2.75) is 45.1 Å². The first-order chi connectivity index (χ1) is 11.0. The number of ether oxygens (including phenoxy) is 1. The van der Waals surface area contributed by atoms with Gasteiger partial charge < -0.3 is 15.0 Å². The fraction of sp³-hybridized carbons (Fsp3) is 0.556. The van der Waals surface area contributed by atoms with Gasteiger partial charge in [0.1, 0.15) is 5.75 Å². The van der Waals surface area contributed by atoms with Gasteiger partial charge in [-0.3, -0.25) is 9.59 Å². The molecular weight excluding hydrogens is 292 g/mol. The molecule has 1 aliphatic rings. The van der Waals surface area contributed by atoms with Gasteiger partial charge in [0, 0.05) is 25.7 Å². The van der Waals surface area contributed by atoms with Crippen molar-refractivity contribution in [2.24, 2.45) is 0 Å². The fourth-order valence-electron chi connectivity index (χ4n) is 2.81. The third-order valence-electron chi connectivity index (χ3n) is 4.17. The summed E-state index contributed by atoms with van der Waals surface area (Å²) in [5.41, 5.74) is 1.47. The van der Waals surface area contributed by atoms with E-state index in [1.165, 1.54) is 24.2 Å². The average molecular weight is 318 g/mol. The summed E-state index contributed by atoms with van der Waals surface area (Å²) in [6.07, 6.45) is 5.73. The Labute approximate surface area is 138 Å². The summed E-state index contributed by atoms with van der Waals surface area (Å²) in [4.78, 5) is 25.5. The molecule has 1 aliphatic carbocycles. The Bertz CT molecular complexity index is 563.